The number of carbonyl (C=O) groups excluding carboxylic acids is 1. The monoisotopic (exact) mass is 523 g/mol. The van der Waals surface area contributed by atoms with E-state index in [1.165, 1.54) is 10.9 Å². The molecule has 2 aliphatic heterocycles. The summed E-state index contributed by atoms with van der Waals surface area (Å²) in [5.41, 5.74) is 1.23. The smallest absolute Gasteiger partial charge is 0.323 e. The molecule has 6 rings (SSSR count). The molecule has 4 aliphatic rings. The number of urea groups is 1. The second-order valence-corrected chi connectivity index (χ2v) is 13.5. The van der Waals surface area contributed by atoms with Gasteiger partial charge in [-0.15, -0.1) is 5.10 Å². The predicted octanol–water partition coefficient (Wildman–Crippen LogP) is 3.41. The quantitative estimate of drug-likeness (QED) is 0.613. The van der Waals surface area contributed by atoms with Gasteiger partial charge in [-0.2, -0.15) is 13.2 Å². The molecular formula is C24H28F3N5O3S. The van der Waals surface area contributed by atoms with Gasteiger partial charge in [0.1, 0.15) is 6.33 Å². The average molecular weight is 524 g/mol. The second kappa shape index (κ2) is 7.69. The number of sulfone groups is 1. The highest BCUT2D eigenvalue weighted by Gasteiger charge is 2.58. The first kappa shape index (κ1) is 23.7. The second-order valence-electron chi connectivity index (χ2n) is 11.5. The van der Waals surface area contributed by atoms with E-state index < -0.39 is 21.8 Å². The van der Waals surface area contributed by atoms with Crippen LogP contribution in [-0.2, 0) is 22.4 Å². The van der Waals surface area contributed by atoms with Crippen LogP contribution in [0.4, 0.5) is 18.0 Å². The van der Waals surface area contributed by atoms with Crippen LogP contribution in [0.5, 0.6) is 0 Å². The largest absolute Gasteiger partial charge is 0.453 e. The minimum Gasteiger partial charge on any atom is -0.323 e. The fraction of sp³-hybridized carbons (Fsp3) is 0.625. The Kier molecular flexibility index (Phi) is 5.07. The molecular weight excluding hydrogens is 495 g/mol. The lowest BCUT2D eigenvalue weighted by Gasteiger charge is -2.63. The number of benzene rings is 1. The Bertz CT molecular complexity index is 1300. The highest BCUT2D eigenvalue weighted by molar-refractivity contribution is 7.90. The van der Waals surface area contributed by atoms with Crippen molar-refractivity contribution in [2.24, 2.45) is 16.7 Å². The van der Waals surface area contributed by atoms with E-state index in [1.54, 1.807) is 18.2 Å². The van der Waals surface area contributed by atoms with Crippen LogP contribution in [0, 0.1) is 16.7 Å². The third-order valence-corrected chi connectivity index (χ3v) is 9.52. The molecule has 1 aromatic heterocycles. The van der Waals surface area contributed by atoms with E-state index in [0.717, 1.165) is 44.2 Å². The number of halogens is 3. The lowest BCUT2D eigenvalue weighted by atomic mass is 9.56. The van der Waals surface area contributed by atoms with E-state index in [0.29, 0.717) is 36.7 Å². The maximum Gasteiger partial charge on any atom is 0.453 e. The molecule has 3 heterocycles. The number of likely N-dealkylation sites (tertiary alicyclic amines) is 2. The van der Waals surface area contributed by atoms with Crippen LogP contribution in [0.25, 0.3) is 0 Å². The number of hydrogen-bond donors (Lipinski definition) is 0. The third kappa shape index (κ3) is 4.06. The molecule has 2 saturated carbocycles. The molecule has 2 aromatic rings. The molecule has 2 amide bonds. The highest BCUT2D eigenvalue weighted by Crippen LogP contribution is 2.56. The van der Waals surface area contributed by atoms with Gasteiger partial charge in [-0.1, -0.05) is 12.1 Å². The SMILES string of the molecule is CS(=O)(=O)c1cccc(CC2CC3(C2)CN(C(=O)N2CC4(CC(n5cnc(C(F)(F)F)n5)C4)C2)C3)c1. The summed E-state index contributed by atoms with van der Waals surface area (Å²) in [7, 11) is -3.21. The molecule has 4 fully saturated rings. The molecule has 0 atom stereocenters. The minimum atomic E-state index is -4.54. The van der Waals surface area contributed by atoms with Gasteiger partial charge in [0.25, 0.3) is 5.82 Å². The zero-order valence-electron chi connectivity index (χ0n) is 19.9. The van der Waals surface area contributed by atoms with Crippen molar-refractivity contribution in [2.45, 2.75) is 49.2 Å². The van der Waals surface area contributed by atoms with Crippen LogP contribution in [0.1, 0.15) is 43.1 Å². The van der Waals surface area contributed by atoms with Crippen molar-refractivity contribution in [3.8, 4) is 0 Å². The lowest BCUT2D eigenvalue weighted by Crippen LogP contribution is -2.71. The molecule has 2 aliphatic carbocycles. The minimum absolute atomic E-state index is 0.00466. The summed E-state index contributed by atoms with van der Waals surface area (Å²) >= 11 is 0. The molecule has 0 N–H and O–H groups in total. The third-order valence-electron chi connectivity index (χ3n) is 8.41. The molecule has 2 saturated heterocycles. The first-order valence-electron chi connectivity index (χ1n) is 12.1. The average Bonchev–Trinajstić information content (AvgIpc) is 3.16. The molecule has 8 nitrogen and oxygen atoms in total. The van der Waals surface area contributed by atoms with E-state index in [4.69, 9.17) is 0 Å². The Morgan fingerprint density at radius 2 is 1.67 bits per heavy atom. The van der Waals surface area contributed by atoms with Crippen LogP contribution in [0.15, 0.2) is 35.5 Å². The standard InChI is InChI=1S/C24H28F3N5O3S/c1-36(34,35)19-4-2-3-16(6-19)5-17-7-22(8-17)11-30(12-22)21(33)31-13-23(14-31)9-18(10-23)32-15-28-20(29-32)24(25,26)27/h2-4,6,15,17-18H,5,7-14H2,1H3. The van der Waals surface area contributed by atoms with Crippen molar-refractivity contribution in [3.05, 3.63) is 42.0 Å². The summed E-state index contributed by atoms with van der Waals surface area (Å²) in [4.78, 5) is 20.3. The molecule has 2 spiro atoms. The van der Waals surface area contributed by atoms with Crippen LogP contribution < -0.4 is 0 Å². The van der Waals surface area contributed by atoms with Crippen molar-refractivity contribution in [1.82, 2.24) is 24.6 Å². The van der Waals surface area contributed by atoms with Crippen molar-refractivity contribution in [2.75, 3.05) is 32.4 Å². The van der Waals surface area contributed by atoms with Gasteiger partial charge < -0.3 is 9.80 Å². The number of aromatic nitrogens is 3. The molecule has 0 bridgehead atoms. The summed E-state index contributed by atoms with van der Waals surface area (Å²) in [6, 6.07) is 7.11. The van der Waals surface area contributed by atoms with Gasteiger partial charge in [0.05, 0.1) is 10.9 Å². The summed E-state index contributed by atoms with van der Waals surface area (Å²) in [6.45, 7) is 2.81. The molecule has 0 unspecified atom stereocenters. The van der Waals surface area contributed by atoms with Crippen molar-refractivity contribution < 1.29 is 26.4 Å². The lowest BCUT2D eigenvalue weighted by molar-refractivity contribution is -0.145. The van der Waals surface area contributed by atoms with E-state index >= 15 is 0 Å². The summed E-state index contributed by atoms with van der Waals surface area (Å²) in [5, 5.41) is 3.58. The normalized spacial score (nSPS) is 23.2. The van der Waals surface area contributed by atoms with Gasteiger partial charge >= 0.3 is 12.2 Å². The Balaban J connectivity index is 0.938. The predicted molar refractivity (Wildman–Crippen MR) is 123 cm³/mol. The number of carbonyl (C=O) groups is 1. The van der Waals surface area contributed by atoms with Crippen molar-refractivity contribution in [3.63, 3.8) is 0 Å². The van der Waals surface area contributed by atoms with Gasteiger partial charge in [-0.3, -0.25) is 0 Å². The highest BCUT2D eigenvalue weighted by atomic mass is 32.2. The Morgan fingerprint density at radius 1 is 1.06 bits per heavy atom. The topological polar surface area (TPSA) is 88.4 Å². The number of nitrogens with zero attached hydrogens (tertiary/aromatic N) is 5. The maximum absolute atomic E-state index is 12.9. The zero-order valence-corrected chi connectivity index (χ0v) is 20.7. The van der Waals surface area contributed by atoms with Gasteiger partial charge in [-0.05, 0) is 55.7 Å². The maximum atomic E-state index is 12.9. The molecule has 12 heteroatoms. The Hall–Kier alpha value is -2.63. The number of alkyl halides is 3. The fourth-order valence-electron chi connectivity index (χ4n) is 6.77. The summed E-state index contributed by atoms with van der Waals surface area (Å²) < 4.78 is 63.1. The summed E-state index contributed by atoms with van der Waals surface area (Å²) in [6.07, 6.45) is 2.20. The first-order valence-corrected chi connectivity index (χ1v) is 14.0. The number of rotatable bonds is 4. The van der Waals surface area contributed by atoms with Crippen LogP contribution in [0.3, 0.4) is 0 Å². The van der Waals surface area contributed by atoms with Crippen LogP contribution in [-0.4, -0.2) is 71.4 Å². The Morgan fingerprint density at radius 3 is 2.22 bits per heavy atom. The molecule has 36 heavy (non-hydrogen) atoms. The van der Waals surface area contributed by atoms with Gasteiger partial charge in [0, 0.05) is 43.3 Å². The van der Waals surface area contributed by atoms with E-state index in [2.05, 4.69) is 10.1 Å². The van der Waals surface area contributed by atoms with Crippen molar-refractivity contribution >= 4 is 15.9 Å². The fourth-order valence-corrected chi connectivity index (χ4v) is 7.46. The van der Waals surface area contributed by atoms with Gasteiger partial charge in [0.2, 0.25) is 0 Å². The van der Waals surface area contributed by atoms with Gasteiger partial charge in [0.15, 0.2) is 9.84 Å². The van der Waals surface area contributed by atoms with E-state index in [1.807, 2.05) is 15.9 Å². The first-order chi connectivity index (χ1) is 16.8. The van der Waals surface area contributed by atoms with Crippen molar-refractivity contribution in [1.29, 1.82) is 0 Å². The van der Waals surface area contributed by atoms with Crippen LogP contribution >= 0.6 is 0 Å². The van der Waals surface area contributed by atoms with Crippen LogP contribution in [0.2, 0.25) is 0 Å². The molecule has 0 radical (unpaired) electrons. The molecule has 194 valence electrons. The van der Waals surface area contributed by atoms with E-state index in [-0.39, 0.29) is 22.9 Å². The van der Waals surface area contributed by atoms with E-state index in [9.17, 15) is 26.4 Å². The zero-order chi connectivity index (χ0) is 25.5. The number of amides is 2. The Labute approximate surface area is 207 Å². The molecule has 1 aromatic carbocycles. The summed E-state index contributed by atoms with van der Waals surface area (Å²) in [5.74, 6) is -0.605. The van der Waals surface area contributed by atoms with Gasteiger partial charge in [-0.25, -0.2) is 22.9 Å². The number of hydrogen-bond acceptors (Lipinski definition) is 5.